The Morgan fingerprint density at radius 3 is 1.45 bits per heavy atom. The summed E-state index contributed by atoms with van der Waals surface area (Å²) in [5, 5.41) is 39.0. The van der Waals surface area contributed by atoms with Gasteiger partial charge in [0.15, 0.2) is 0 Å². The Morgan fingerprint density at radius 1 is 0.727 bits per heavy atom. The summed E-state index contributed by atoms with van der Waals surface area (Å²) in [4.78, 5) is 79.0. The van der Waals surface area contributed by atoms with E-state index in [-0.39, 0.29) is 108 Å². The largest absolute Gasteiger partial charge is 0.480 e. The summed E-state index contributed by atoms with van der Waals surface area (Å²) < 4.78 is 5.29. The maximum atomic E-state index is 13.5. The average molecular weight is 623 g/mol. The van der Waals surface area contributed by atoms with Gasteiger partial charge in [-0.15, -0.1) is 0 Å². The van der Waals surface area contributed by atoms with Crippen LogP contribution in [-0.2, 0) is 24.0 Å². The van der Waals surface area contributed by atoms with E-state index in [2.05, 4.69) is 0 Å². The monoisotopic (exact) mass is 622 g/mol. The Balaban J connectivity index is 1.69. The van der Waals surface area contributed by atoms with Crippen molar-refractivity contribution in [1.29, 1.82) is 0 Å². The molecule has 0 aromatic heterocycles. The lowest BCUT2D eigenvalue weighted by molar-refractivity contribution is -0.384. The van der Waals surface area contributed by atoms with Gasteiger partial charge in [-0.2, -0.15) is 0 Å². The standard InChI is InChI=1S/C27H38N6O11/c34-23(32(20-1-2-20)19-27(41)44-22-5-3-21(4-6-22)33(42)43)15-28-7-9-29(16-24(35)36)11-13-31(18-26(39)40)14-12-30(10-8-28)17-25(37)38/h3-6,20H,1-2,7-19H2,(H,35,36)(H,37,38)(H,39,40). The topological polar surface area (TPSA) is 215 Å². The number of carbonyl (C=O) groups excluding carboxylic acids is 2. The van der Waals surface area contributed by atoms with E-state index in [1.165, 1.54) is 29.2 Å². The first kappa shape index (κ1) is 34.3. The lowest BCUT2D eigenvalue weighted by Crippen LogP contribution is -2.50. The molecule has 1 amide bonds. The van der Waals surface area contributed by atoms with Gasteiger partial charge < -0.3 is 25.0 Å². The van der Waals surface area contributed by atoms with E-state index in [1.54, 1.807) is 19.6 Å². The van der Waals surface area contributed by atoms with E-state index >= 15 is 0 Å². The summed E-state index contributed by atoms with van der Waals surface area (Å²) in [7, 11) is 0. The molecular weight excluding hydrogens is 584 g/mol. The molecule has 1 heterocycles. The minimum absolute atomic E-state index is 0.103. The zero-order chi connectivity index (χ0) is 32.2. The van der Waals surface area contributed by atoms with Crippen molar-refractivity contribution in [1.82, 2.24) is 24.5 Å². The number of rotatable bonds is 13. The van der Waals surface area contributed by atoms with Crippen molar-refractivity contribution >= 4 is 35.5 Å². The van der Waals surface area contributed by atoms with Crippen LogP contribution in [0.1, 0.15) is 12.8 Å². The number of amides is 1. The first-order valence-electron chi connectivity index (χ1n) is 14.2. The summed E-state index contributed by atoms with van der Waals surface area (Å²) in [5.41, 5.74) is -0.160. The highest BCUT2D eigenvalue weighted by Gasteiger charge is 2.35. The van der Waals surface area contributed by atoms with Gasteiger partial charge in [-0.3, -0.25) is 48.9 Å². The molecule has 0 spiro atoms. The Morgan fingerprint density at radius 2 is 1.11 bits per heavy atom. The summed E-state index contributed by atoms with van der Waals surface area (Å²) >= 11 is 0. The number of nitro groups is 1. The van der Waals surface area contributed by atoms with Crippen molar-refractivity contribution < 1.29 is 49.0 Å². The molecule has 17 heteroatoms. The minimum atomic E-state index is -1.05. The van der Waals surface area contributed by atoms with E-state index in [4.69, 9.17) is 4.74 Å². The van der Waals surface area contributed by atoms with Gasteiger partial charge in [0.25, 0.3) is 5.69 Å². The highest BCUT2D eigenvalue weighted by Crippen LogP contribution is 2.27. The number of non-ortho nitro benzene ring substituents is 1. The third kappa shape index (κ3) is 12.2. The predicted molar refractivity (Wildman–Crippen MR) is 152 cm³/mol. The van der Waals surface area contributed by atoms with Crippen molar-refractivity contribution in [2.75, 3.05) is 85.1 Å². The van der Waals surface area contributed by atoms with Crippen molar-refractivity contribution in [3.63, 3.8) is 0 Å². The van der Waals surface area contributed by atoms with Crippen LogP contribution < -0.4 is 4.74 Å². The molecule has 0 atom stereocenters. The van der Waals surface area contributed by atoms with Gasteiger partial charge in [0.05, 0.1) is 31.1 Å². The molecule has 2 aliphatic rings. The van der Waals surface area contributed by atoms with Gasteiger partial charge in [-0.1, -0.05) is 0 Å². The van der Waals surface area contributed by atoms with Crippen LogP contribution in [0.25, 0.3) is 0 Å². The number of nitrogens with zero attached hydrogens (tertiary/aromatic N) is 6. The van der Waals surface area contributed by atoms with Crippen LogP contribution in [0.5, 0.6) is 5.75 Å². The normalized spacial score (nSPS) is 18.0. The summed E-state index contributed by atoms with van der Waals surface area (Å²) in [6, 6.07) is 4.85. The molecule has 1 aliphatic heterocycles. The van der Waals surface area contributed by atoms with Crippen LogP contribution in [0.2, 0.25) is 0 Å². The Bertz CT molecular complexity index is 1160. The number of nitro benzene ring substituents is 1. The number of benzene rings is 1. The molecule has 1 saturated heterocycles. The second-order valence-corrected chi connectivity index (χ2v) is 10.8. The lowest BCUT2D eigenvalue weighted by atomic mass is 10.3. The molecule has 1 aromatic carbocycles. The Kier molecular flexibility index (Phi) is 12.9. The zero-order valence-electron chi connectivity index (χ0n) is 24.3. The van der Waals surface area contributed by atoms with E-state index in [9.17, 15) is 49.4 Å². The molecule has 0 radical (unpaired) electrons. The molecule has 1 aromatic rings. The number of carbonyl (C=O) groups is 5. The van der Waals surface area contributed by atoms with Crippen LogP contribution in [0, 0.1) is 10.1 Å². The SMILES string of the molecule is O=C(O)CN1CCN(CC(=O)O)CCN(CC(=O)N(CC(=O)Oc2ccc([N+](=O)[O-])cc2)C2CC2)CCN(CC(=O)O)CC1. The van der Waals surface area contributed by atoms with Gasteiger partial charge in [0.2, 0.25) is 5.91 Å². The molecule has 44 heavy (non-hydrogen) atoms. The number of aliphatic carboxylic acids is 3. The van der Waals surface area contributed by atoms with Crippen LogP contribution in [-0.4, -0.2) is 166 Å². The number of carboxylic acids is 3. The van der Waals surface area contributed by atoms with Crippen molar-refractivity contribution in [3.8, 4) is 5.75 Å². The molecule has 3 N–H and O–H groups in total. The molecule has 3 rings (SSSR count). The van der Waals surface area contributed by atoms with Crippen molar-refractivity contribution in [2.45, 2.75) is 18.9 Å². The summed E-state index contributed by atoms with van der Waals surface area (Å²) in [6.45, 7) is 0.798. The van der Waals surface area contributed by atoms with Gasteiger partial charge in [-0.05, 0) is 25.0 Å². The fourth-order valence-corrected chi connectivity index (χ4v) is 4.81. The second kappa shape index (κ2) is 16.6. The third-order valence-electron chi connectivity index (χ3n) is 7.25. The van der Waals surface area contributed by atoms with Gasteiger partial charge >= 0.3 is 23.9 Å². The fraction of sp³-hybridized carbons (Fsp3) is 0.593. The maximum absolute atomic E-state index is 13.5. The van der Waals surface area contributed by atoms with Crippen LogP contribution >= 0.6 is 0 Å². The second-order valence-electron chi connectivity index (χ2n) is 10.8. The van der Waals surface area contributed by atoms with Crippen LogP contribution in [0.15, 0.2) is 24.3 Å². The molecule has 17 nitrogen and oxygen atoms in total. The average Bonchev–Trinajstić information content (AvgIpc) is 3.78. The first-order valence-corrected chi connectivity index (χ1v) is 14.2. The molecule has 2 fully saturated rings. The lowest BCUT2D eigenvalue weighted by Gasteiger charge is -2.33. The zero-order valence-corrected chi connectivity index (χ0v) is 24.3. The molecule has 0 bridgehead atoms. The highest BCUT2D eigenvalue weighted by molar-refractivity contribution is 5.84. The third-order valence-corrected chi connectivity index (χ3v) is 7.25. The molecule has 0 unspecified atom stereocenters. The predicted octanol–water partition coefficient (Wildman–Crippen LogP) is -1.03. The molecule has 1 aliphatic carbocycles. The van der Waals surface area contributed by atoms with Gasteiger partial charge in [0, 0.05) is 70.5 Å². The number of hydrogen-bond acceptors (Lipinski definition) is 12. The van der Waals surface area contributed by atoms with E-state index in [0.29, 0.717) is 12.8 Å². The van der Waals surface area contributed by atoms with E-state index < -0.39 is 28.8 Å². The van der Waals surface area contributed by atoms with Gasteiger partial charge in [0.1, 0.15) is 12.3 Å². The summed E-state index contributed by atoms with van der Waals surface area (Å²) in [6.07, 6.45) is 1.42. The smallest absolute Gasteiger partial charge is 0.331 e. The number of esters is 1. The Labute approximate surface area is 253 Å². The molecule has 1 saturated carbocycles. The maximum Gasteiger partial charge on any atom is 0.331 e. The van der Waals surface area contributed by atoms with Crippen LogP contribution in [0.3, 0.4) is 0 Å². The van der Waals surface area contributed by atoms with Crippen molar-refractivity contribution in [3.05, 3.63) is 34.4 Å². The first-order chi connectivity index (χ1) is 20.9. The minimum Gasteiger partial charge on any atom is -0.480 e. The molecule has 242 valence electrons. The van der Waals surface area contributed by atoms with Crippen LogP contribution in [0.4, 0.5) is 5.69 Å². The summed E-state index contributed by atoms with van der Waals surface area (Å²) in [5.74, 6) is -4.10. The van der Waals surface area contributed by atoms with E-state index in [1.807, 2.05) is 0 Å². The quantitative estimate of drug-likeness (QED) is 0.104. The number of ether oxygens (including phenoxy) is 1. The van der Waals surface area contributed by atoms with Crippen molar-refractivity contribution in [2.24, 2.45) is 0 Å². The number of carboxylic acid groups (broad SMARTS) is 3. The highest BCUT2D eigenvalue weighted by atomic mass is 16.6. The number of hydrogen-bond donors (Lipinski definition) is 3. The van der Waals surface area contributed by atoms with Gasteiger partial charge in [-0.25, -0.2) is 4.79 Å². The van der Waals surface area contributed by atoms with E-state index in [0.717, 1.165) is 0 Å². The molecular formula is C27H38N6O11. The Hall–Kier alpha value is -4.19. The fourth-order valence-electron chi connectivity index (χ4n) is 4.81.